The van der Waals surface area contributed by atoms with E-state index in [4.69, 9.17) is 0 Å². The van der Waals surface area contributed by atoms with E-state index in [9.17, 15) is 19.5 Å². The highest BCUT2D eigenvalue weighted by Crippen LogP contribution is 2.23. The number of carbonyl (C=O) groups excluding carboxylic acids is 3. The zero-order chi connectivity index (χ0) is 15.6. The Bertz CT molecular complexity index is 586. The molecule has 2 amide bonds. The summed E-state index contributed by atoms with van der Waals surface area (Å²) in [5, 5.41) is 9.82. The number of hydrogen-bond acceptors (Lipinski definition) is 5. The molecule has 7 heteroatoms. The summed E-state index contributed by atoms with van der Waals surface area (Å²) in [6.07, 6.45) is -1.42. The van der Waals surface area contributed by atoms with Gasteiger partial charge in [0.05, 0.1) is 13.7 Å². The summed E-state index contributed by atoms with van der Waals surface area (Å²) >= 11 is 0. The van der Waals surface area contributed by atoms with Gasteiger partial charge < -0.3 is 19.6 Å². The number of ether oxygens (including phenoxy) is 1. The molecule has 1 aliphatic rings. The Balaban J connectivity index is 2.27. The number of benzene rings is 1. The third-order valence-electron chi connectivity index (χ3n) is 3.31. The molecule has 112 valence electrons. The Morgan fingerprint density at radius 3 is 2.67 bits per heavy atom. The summed E-state index contributed by atoms with van der Waals surface area (Å²) < 4.78 is 4.47. The van der Waals surface area contributed by atoms with E-state index < -0.39 is 12.1 Å². The summed E-state index contributed by atoms with van der Waals surface area (Å²) in [6, 6.07) is 6.29. The Morgan fingerprint density at radius 2 is 2.00 bits per heavy atom. The van der Waals surface area contributed by atoms with Crippen molar-refractivity contribution in [2.24, 2.45) is 0 Å². The highest BCUT2D eigenvalue weighted by molar-refractivity contribution is 6.04. The van der Waals surface area contributed by atoms with E-state index in [1.54, 1.807) is 25.2 Å². The Morgan fingerprint density at radius 1 is 1.29 bits per heavy atom. The fourth-order valence-electron chi connectivity index (χ4n) is 2.07. The van der Waals surface area contributed by atoms with Crippen LogP contribution in [0.25, 0.3) is 0 Å². The van der Waals surface area contributed by atoms with Gasteiger partial charge in [-0.2, -0.15) is 0 Å². The second kappa shape index (κ2) is 5.92. The first kappa shape index (κ1) is 15.0. The number of aliphatic hydroxyl groups excluding tert-OH is 1. The van der Waals surface area contributed by atoms with Crippen molar-refractivity contribution >= 4 is 23.5 Å². The summed E-state index contributed by atoms with van der Waals surface area (Å²) in [4.78, 5) is 37.7. The van der Waals surface area contributed by atoms with E-state index in [1.807, 2.05) is 0 Å². The van der Waals surface area contributed by atoms with Gasteiger partial charge in [0.15, 0.2) is 6.10 Å². The number of carbonyl (C=O) groups is 3. The van der Waals surface area contributed by atoms with Gasteiger partial charge in [-0.25, -0.2) is 4.79 Å². The Kier molecular flexibility index (Phi) is 4.23. The first-order valence-electron chi connectivity index (χ1n) is 6.34. The standard InChI is InChI=1S/C14H16N2O5/c1-15-7-12(18)16(8-11(15)17)10-5-3-4-9(6-10)13(19)14(20)21-2/h3-6,13,19H,7-8H2,1-2H3. The lowest BCUT2D eigenvalue weighted by molar-refractivity contribution is -0.150. The molecule has 2 rings (SSSR count). The van der Waals surface area contributed by atoms with Crippen molar-refractivity contribution in [2.75, 3.05) is 32.1 Å². The summed E-state index contributed by atoms with van der Waals surface area (Å²) in [5.41, 5.74) is 0.764. The molecule has 0 bridgehead atoms. The lowest BCUT2D eigenvalue weighted by Crippen LogP contribution is -2.52. The zero-order valence-corrected chi connectivity index (χ0v) is 11.8. The molecule has 1 aromatic rings. The van der Waals surface area contributed by atoms with Crippen LogP contribution in [-0.4, -0.2) is 55.0 Å². The summed E-state index contributed by atoms with van der Waals surface area (Å²) in [6.45, 7) is -0.0598. The van der Waals surface area contributed by atoms with Gasteiger partial charge in [-0.3, -0.25) is 9.59 Å². The van der Waals surface area contributed by atoms with Crippen LogP contribution >= 0.6 is 0 Å². The van der Waals surface area contributed by atoms with Crippen LogP contribution in [0.15, 0.2) is 24.3 Å². The van der Waals surface area contributed by atoms with Gasteiger partial charge >= 0.3 is 5.97 Å². The van der Waals surface area contributed by atoms with Crippen LogP contribution in [0.3, 0.4) is 0 Å². The number of aliphatic hydroxyl groups is 1. The van der Waals surface area contributed by atoms with Crippen molar-refractivity contribution in [2.45, 2.75) is 6.10 Å². The van der Waals surface area contributed by atoms with E-state index >= 15 is 0 Å². The number of piperazine rings is 1. The van der Waals surface area contributed by atoms with Gasteiger partial charge in [-0.05, 0) is 17.7 Å². The van der Waals surface area contributed by atoms with Crippen molar-refractivity contribution < 1.29 is 24.2 Å². The number of methoxy groups -OCH3 is 1. The van der Waals surface area contributed by atoms with E-state index in [-0.39, 0.29) is 24.9 Å². The van der Waals surface area contributed by atoms with Crippen LogP contribution < -0.4 is 4.90 Å². The lowest BCUT2D eigenvalue weighted by Gasteiger charge is -2.31. The largest absolute Gasteiger partial charge is 0.467 e. The van der Waals surface area contributed by atoms with Crippen LogP contribution in [-0.2, 0) is 19.1 Å². The summed E-state index contributed by atoms with van der Waals surface area (Å²) in [7, 11) is 2.74. The molecule has 0 aliphatic carbocycles. The predicted molar refractivity (Wildman–Crippen MR) is 73.4 cm³/mol. The van der Waals surface area contributed by atoms with Crippen molar-refractivity contribution in [1.82, 2.24) is 4.90 Å². The smallest absolute Gasteiger partial charge is 0.339 e. The monoisotopic (exact) mass is 292 g/mol. The van der Waals surface area contributed by atoms with Gasteiger partial charge in [0.2, 0.25) is 11.8 Å². The van der Waals surface area contributed by atoms with Crippen LogP contribution in [0.1, 0.15) is 11.7 Å². The molecule has 1 fully saturated rings. The molecule has 1 aromatic carbocycles. The van der Waals surface area contributed by atoms with Crippen molar-refractivity contribution in [3.8, 4) is 0 Å². The molecule has 1 N–H and O–H groups in total. The second-order valence-electron chi connectivity index (χ2n) is 4.75. The molecule has 21 heavy (non-hydrogen) atoms. The number of anilines is 1. The molecule has 1 heterocycles. The normalized spacial score (nSPS) is 16.9. The fourth-order valence-corrected chi connectivity index (χ4v) is 2.07. The maximum Gasteiger partial charge on any atom is 0.339 e. The average molecular weight is 292 g/mol. The second-order valence-corrected chi connectivity index (χ2v) is 4.75. The van der Waals surface area contributed by atoms with E-state index in [1.165, 1.54) is 23.0 Å². The highest BCUT2D eigenvalue weighted by atomic mass is 16.5. The molecule has 1 aliphatic heterocycles. The van der Waals surface area contributed by atoms with Gasteiger partial charge in [0.1, 0.15) is 6.54 Å². The molecule has 1 saturated heterocycles. The van der Waals surface area contributed by atoms with Crippen molar-refractivity contribution in [3.05, 3.63) is 29.8 Å². The average Bonchev–Trinajstić information content (AvgIpc) is 2.49. The van der Waals surface area contributed by atoms with Crippen LogP contribution in [0.5, 0.6) is 0 Å². The zero-order valence-electron chi connectivity index (χ0n) is 11.8. The maximum atomic E-state index is 12.0. The number of nitrogens with zero attached hydrogens (tertiary/aromatic N) is 2. The topological polar surface area (TPSA) is 87.2 Å². The third kappa shape index (κ3) is 3.03. The molecular formula is C14H16N2O5. The van der Waals surface area contributed by atoms with Crippen molar-refractivity contribution in [1.29, 1.82) is 0 Å². The SMILES string of the molecule is COC(=O)C(O)c1cccc(N2CC(=O)N(C)CC2=O)c1. The number of amides is 2. The highest BCUT2D eigenvalue weighted by Gasteiger charge is 2.29. The van der Waals surface area contributed by atoms with Crippen LogP contribution in [0.2, 0.25) is 0 Å². The minimum Gasteiger partial charge on any atom is -0.467 e. The first-order chi connectivity index (χ1) is 9.93. The number of rotatable bonds is 3. The number of likely N-dealkylation sites (N-methyl/N-ethyl adjacent to an activating group) is 1. The van der Waals surface area contributed by atoms with Crippen LogP contribution in [0, 0.1) is 0 Å². The number of esters is 1. The summed E-state index contributed by atoms with van der Waals surface area (Å²) in [5.74, 6) is -1.18. The quantitative estimate of drug-likeness (QED) is 0.773. The van der Waals surface area contributed by atoms with Gasteiger partial charge in [-0.15, -0.1) is 0 Å². The fraction of sp³-hybridized carbons (Fsp3) is 0.357. The third-order valence-corrected chi connectivity index (χ3v) is 3.31. The van der Waals surface area contributed by atoms with E-state index in [0.29, 0.717) is 11.3 Å². The molecule has 1 unspecified atom stereocenters. The molecule has 0 saturated carbocycles. The predicted octanol–water partition coefficient (Wildman–Crippen LogP) is -0.302. The van der Waals surface area contributed by atoms with Gasteiger partial charge in [0.25, 0.3) is 0 Å². The van der Waals surface area contributed by atoms with Gasteiger partial charge in [0, 0.05) is 12.7 Å². The Hall–Kier alpha value is -2.41. The van der Waals surface area contributed by atoms with Crippen LogP contribution in [0.4, 0.5) is 5.69 Å². The minimum absolute atomic E-state index is 0.00260. The lowest BCUT2D eigenvalue weighted by atomic mass is 10.1. The van der Waals surface area contributed by atoms with E-state index in [2.05, 4.69) is 4.74 Å². The number of hydrogen-bond donors (Lipinski definition) is 1. The minimum atomic E-state index is -1.42. The molecular weight excluding hydrogens is 276 g/mol. The van der Waals surface area contributed by atoms with Crippen molar-refractivity contribution in [3.63, 3.8) is 0 Å². The van der Waals surface area contributed by atoms with Gasteiger partial charge in [-0.1, -0.05) is 12.1 Å². The molecule has 0 aromatic heterocycles. The molecule has 1 atom stereocenters. The molecule has 0 spiro atoms. The molecule has 0 radical (unpaired) electrons. The molecule has 7 nitrogen and oxygen atoms in total. The van der Waals surface area contributed by atoms with E-state index in [0.717, 1.165) is 0 Å². The Labute approximate surface area is 121 Å². The first-order valence-corrected chi connectivity index (χ1v) is 6.34. The maximum absolute atomic E-state index is 12.0.